The van der Waals surface area contributed by atoms with Gasteiger partial charge < -0.3 is 10.1 Å². The van der Waals surface area contributed by atoms with Crippen molar-refractivity contribution in [2.24, 2.45) is 0 Å². The topological polar surface area (TPSA) is 55.4 Å². The van der Waals surface area contributed by atoms with E-state index in [9.17, 15) is 9.59 Å². The molecular weight excluding hydrogens is 302 g/mol. The molecule has 0 saturated heterocycles. The van der Waals surface area contributed by atoms with Crippen molar-refractivity contribution in [2.45, 2.75) is 32.7 Å². The average molecular weight is 325 g/mol. The SMILES string of the molecule is CCC[C@@H](NC(=O)COC(=O)c1ccccc1C)c1ccccc1. The molecule has 4 nitrogen and oxygen atoms in total. The molecule has 1 atom stereocenters. The molecule has 0 aromatic heterocycles. The summed E-state index contributed by atoms with van der Waals surface area (Å²) in [4.78, 5) is 24.2. The van der Waals surface area contributed by atoms with E-state index < -0.39 is 5.97 Å². The van der Waals surface area contributed by atoms with E-state index in [0.717, 1.165) is 24.0 Å². The fourth-order valence-electron chi connectivity index (χ4n) is 2.54. The molecule has 0 spiro atoms. The zero-order chi connectivity index (χ0) is 17.4. The summed E-state index contributed by atoms with van der Waals surface area (Å²) in [6, 6.07) is 16.9. The normalized spacial score (nSPS) is 11.6. The molecule has 2 rings (SSSR count). The molecular formula is C20H23NO3. The minimum Gasteiger partial charge on any atom is -0.452 e. The van der Waals surface area contributed by atoms with Crippen LogP contribution in [0.15, 0.2) is 54.6 Å². The second-order valence-electron chi connectivity index (χ2n) is 5.71. The number of aryl methyl sites for hydroxylation is 1. The molecule has 0 fully saturated rings. The van der Waals surface area contributed by atoms with Crippen LogP contribution in [0.2, 0.25) is 0 Å². The molecule has 0 bridgehead atoms. The Morgan fingerprint density at radius 1 is 1.04 bits per heavy atom. The third kappa shape index (κ3) is 4.95. The van der Waals surface area contributed by atoms with Crippen molar-refractivity contribution in [3.05, 3.63) is 71.3 Å². The van der Waals surface area contributed by atoms with Crippen molar-refractivity contribution >= 4 is 11.9 Å². The van der Waals surface area contributed by atoms with E-state index >= 15 is 0 Å². The molecule has 1 amide bonds. The molecule has 126 valence electrons. The van der Waals surface area contributed by atoms with Crippen molar-refractivity contribution < 1.29 is 14.3 Å². The van der Waals surface area contributed by atoms with E-state index in [0.29, 0.717) is 5.56 Å². The van der Waals surface area contributed by atoms with E-state index in [1.54, 1.807) is 12.1 Å². The first-order valence-corrected chi connectivity index (χ1v) is 8.19. The van der Waals surface area contributed by atoms with Gasteiger partial charge in [-0.25, -0.2) is 4.79 Å². The second kappa shape index (κ2) is 8.87. The lowest BCUT2D eigenvalue weighted by molar-refractivity contribution is -0.125. The fourth-order valence-corrected chi connectivity index (χ4v) is 2.54. The van der Waals surface area contributed by atoms with Gasteiger partial charge in [0.2, 0.25) is 0 Å². The number of amides is 1. The minimum atomic E-state index is -0.477. The summed E-state index contributed by atoms with van der Waals surface area (Å²) < 4.78 is 5.13. The number of nitrogens with one attached hydrogen (secondary N) is 1. The number of rotatable bonds is 7. The van der Waals surface area contributed by atoms with Crippen LogP contribution >= 0.6 is 0 Å². The number of carbonyl (C=O) groups excluding carboxylic acids is 2. The Balaban J connectivity index is 1.92. The monoisotopic (exact) mass is 325 g/mol. The maximum atomic E-state index is 12.1. The quantitative estimate of drug-likeness (QED) is 0.788. The maximum Gasteiger partial charge on any atom is 0.338 e. The summed E-state index contributed by atoms with van der Waals surface area (Å²) in [7, 11) is 0. The van der Waals surface area contributed by atoms with Crippen LogP contribution in [-0.2, 0) is 9.53 Å². The van der Waals surface area contributed by atoms with Gasteiger partial charge in [-0.2, -0.15) is 0 Å². The smallest absolute Gasteiger partial charge is 0.338 e. The Morgan fingerprint density at radius 2 is 1.71 bits per heavy atom. The van der Waals surface area contributed by atoms with Crippen LogP contribution in [0.1, 0.15) is 47.3 Å². The highest BCUT2D eigenvalue weighted by Gasteiger charge is 2.16. The first kappa shape index (κ1) is 17.7. The van der Waals surface area contributed by atoms with Crippen molar-refractivity contribution in [1.29, 1.82) is 0 Å². The summed E-state index contributed by atoms with van der Waals surface area (Å²) >= 11 is 0. The van der Waals surface area contributed by atoms with Crippen LogP contribution in [0, 0.1) is 6.92 Å². The first-order chi connectivity index (χ1) is 11.6. The number of hydrogen-bond acceptors (Lipinski definition) is 3. The lowest BCUT2D eigenvalue weighted by Crippen LogP contribution is -2.32. The lowest BCUT2D eigenvalue weighted by Gasteiger charge is -2.18. The van der Waals surface area contributed by atoms with Crippen LogP contribution < -0.4 is 5.32 Å². The van der Waals surface area contributed by atoms with E-state index in [1.807, 2.05) is 49.4 Å². The van der Waals surface area contributed by atoms with Crippen molar-refractivity contribution in [1.82, 2.24) is 5.32 Å². The predicted octanol–water partition coefficient (Wildman–Crippen LogP) is 3.81. The summed E-state index contributed by atoms with van der Waals surface area (Å²) in [6.45, 7) is 3.63. The second-order valence-corrected chi connectivity index (χ2v) is 5.71. The van der Waals surface area contributed by atoms with Gasteiger partial charge in [-0.15, -0.1) is 0 Å². The Bertz CT molecular complexity index is 682. The van der Waals surface area contributed by atoms with Gasteiger partial charge in [-0.1, -0.05) is 61.9 Å². The zero-order valence-corrected chi connectivity index (χ0v) is 14.1. The van der Waals surface area contributed by atoms with Crippen LogP contribution in [0.25, 0.3) is 0 Å². The first-order valence-electron chi connectivity index (χ1n) is 8.19. The van der Waals surface area contributed by atoms with Gasteiger partial charge in [0.15, 0.2) is 6.61 Å². The molecule has 0 aliphatic carbocycles. The summed E-state index contributed by atoms with van der Waals surface area (Å²) in [5.74, 6) is -0.769. The van der Waals surface area contributed by atoms with E-state index in [4.69, 9.17) is 4.74 Å². The molecule has 0 radical (unpaired) electrons. The summed E-state index contributed by atoms with van der Waals surface area (Å²) in [5.41, 5.74) is 2.37. The number of esters is 1. The number of ether oxygens (including phenoxy) is 1. The van der Waals surface area contributed by atoms with Gasteiger partial charge in [-0.05, 0) is 30.5 Å². The van der Waals surface area contributed by atoms with Gasteiger partial charge >= 0.3 is 5.97 Å². The van der Waals surface area contributed by atoms with Gasteiger partial charge in [0, 0.05) is 0 Å². The molecule has 0 aliphatic heterocycles. The Labute approximate surface area is 142 Å². The van der Waals surface area contributed by atoms with Crippen molar-refractivity contribution in [3.8, 4) is 0 Å². The van der Waals surface area contributed by atoms with Gasteiger partial charge in [0.25, 0.3) is 5.91 Å². The van der Waals surface area contributed by atoms with Crippen molar-refractivity contribution in [3.63, 3.8) is 0 Å². The Hall–Kier alpha value is -2.62. The minimum absolute atomic E-state index is 0.0686. The Kier molecular flexibility index (Phi) is 6.55. The third-order valence-electron chi connectivity index (χ3n) is 3.81. The highest BCUT2D eigenvalue weighted by atomic mass is 16.5. The van der Waals surface area contributed by atoms with Crippen molar-refractivity contribution in [2.75, 3.05) is 6.61 Å². The molecule has 4 heteroatoms. The standard InChI is InChI=1S/C20H23NO3/c1-3-9-18(16-11-5-4-6-12-16)21-19(22)14-24-20(23)17-13-8-7-10-15(17)2/h4-8,10-13,18H,3,9,14H2,1-2H3,(H,21,22)/t18-/m1/s1. The van der Waals surface area contributed by atoms with Crippen LogP contribution in [-0.4, -0.2) is 18.5 Å². The fraction of sp³-hybridized carbons (Fsp3) is 0.300. The van der Waals surface area contributed by atoms with E-state index in [2.05, 4.69) is 12.2 Å². The highest BCUT2D eigenvalue weighted by molar-refractivity contribution is 5.92. The molecule has 2 aromatic rings. The van der Waals surface area contributed by atoms with Crippen LogP contribution in [0.3, 0.4) is 0 Å². The molecule has 1 N–H and O–H groups in total. The van der Waals surface area contributed by atoms with E-state index in [1.165, 1.54) is 0 Å². The van der Waals surface area contributed by atoms with Gasteiger partial charge in [0.05, 0.1) is 11.6 Å². The predicted molar refractivity (Wildman–Crippen MR) is 93.7 cm³/mol. The van der Waals surface area contributed by atoms with E-state index in [-0.39, 0.29) is 18.6 Å². The van der Waals surface area contributed by atoms with Crippen LogP contribution in [0.5, 0.6) is 0 Å². The van der Waals surface area contributed by atoms with Gasteiger partial charge in [-0.3, -0.25) is 4.79 Å². The molecule has 0 saturated carbocycles. The third-order valence-corrected chi connectivity index (χ3v) is 3.81. The number of benzene rings is 2. The number of hydrogen-bond donors (Lipinski definition) is 1. The van der Waals surface area contributed by atoms with Gasteiger partial charge in [0.1, 0.15) is 0 Å². The Morgan fingerprint density at radius 3 is 2.38 bits per heavy atom. The molecule has 0 unspecified atom stereocenters. The molecule has 0 aliphatic rings. The highest BCUT2D eigenvalue weighted by Crippen LogP contribution is 2.18. The lowest BCUT2D eigenvalue weighted by atomic mass is 10.0. The number of carbonyl (C=O) groups is 2. The maximum absolute atomic E-state index is 12.1. The van der Waals surface area contributed by atoms with Crippen LogP contribution in [0.4, 0.5) is 0 Å². The molecule has 24 heavy (non-hydrogen) atoms. The summed E-state index contributed by atoms with van der Waals surface area (Å²) in [6.07, 6.45) is 1.78. The average Bonchev–Trinajstić information content (AvgIpc) is 2.60. The molecule has 0 heterocycles. The molecule has 2 aromatic carbocycles. The zero-order valence-electron chi connectivity index (χ0n) is 14.1. The summed E-state index contributed by atoms with van der Waals surface area (Å²) in [5, 5.41) is 2.94. The largest absolute Gasteiger partial charge is 0.452 e.